The zero-order valence-corrected chi connectivity index (χ0v) is 10.8. The van der Waals surface area contributed by atoms with Gasteiger partial charge in [0, 0.05) is 6.20 Å². The van der Waals surface area contributed by atoms with Crippen molar-refractivity contribution < 1.29 is 10.2 Å². The van der Waals surface area contributed by atoms with Gasteiger partial charge in [0.2, 0.25) is 5.95 Å². The van der Waals surface area contributed by atoms with E-state index in [1.165, 1.54) is 0 Å². The quantitative estimate of drug-likeness (QED) is 0.772. The van der Waals surface area contributed by atoms with Crippen LogP contribution in [0.25, 0.3) is 5.65 Å². The van der Waals surface area contributed by atoms with Gasteiger partial charge < -0.3 is 15.5 Å². The van der Waals surface area contributed by atoms with E-state index in [0.29, 0.717) is 11.6 Å². The summed E-state index contributed by atoms with van der Waals surface area (Å²) in [5.74, 6) is 0.363. The lowest BCUT2D eigenvalue weighted by Crippen LogP contribution is -2.42. The first kappa shape index (κ1) is 12.3. The number of fused-ring (bicyclic) bond motifs is 1. The predicted molar refractivity (Wildman–Crippen MR) is 66.9 cm³/mol. The summed E-state index contributed by atoms with van der Waals surface area (Å²) in [5, 5.41) is 25.5. The van der Waals surface area contributed by atoms with Crippen molar-refractivity contribution in [1.82, 2.24) is 14.6 Å². The van der Waals surface area contributed by atoms with E-state index in [1.54, 1.807) is 17.6 Å². The highest BCUT2D eigenvalue weighted by Gasteiger charge is 2.23. The van der Waals surface area contributed by atoms with Crippen LogP contribution in [-0.2, 0) is 0 Å². The van der Waals surface area contributed by atoms with E-state index < -0.39 is 5.54 Å². The molecule has 0 saturated carbocycles. The molecule has 2 rings (SSSR count). The Morgan fingerprint density at radius 3 is 2.76 bits per heavy atom. The Hall–Kier alpha value is -1.18. The summed E-state index contributed by atoms with van der Waals surface area (Å²) in [6, 6.07) is 3.71. The van der Waals surface area contributed by atoms with Crippen LogP contribution in [0, 0.1) is 0 Å². The van der Waals surface area contributed by atoms with E-state index >= 15 is 0 Å². The summed E-state index contributed by atoms with van der Waals surface area (Å²) in [6.45, 7) is 1.27. The topological polar surface area (TPSA) is 82.7 Å². The van der Waals surface area contributed by atoms with Crippen molar-refractivity contribution in [3.63, 3.8) is 0 Å². The van der Waals surface area contributed by atoms with Crippen molar-refractivity contribution in [1.29, 1.82) is 0 Å². The summed E-state index contributed by atoms with van der Waals surface area (Å²) in [6.07, 6.45) is 1.77. The molecule has 0 unspecified atom stereocenters. The molecule has 6 nitrogen and oxygen atoms in total. The lowest BCUT2D eigenvalue weighted by molar-refractivity contribution is 0.147. The van der Waals surface area contributed by atoms with Crippen molar-refractivity contribution in [2.75, 3.05) is 18.5 Å². The van der Waals surface area contributed by atoms with Gasteiger partial charge in [-0.15, -0.1) is 5.10 Å². The van der Waals surface area contributed by atoms with Gasteiger partial charge in [-0.05, 0) is 35.0 Å². The highest BCUT2D eigenvalue weighted by Crippen LogP contribution is 2.18. The second-order valence-electron chi connectivity index (χ2n) is 4.06. The number of nitrogens with one attached hydrogen (secondary N) is 1. The van der Waals surface area contributed by atoms with Crippen molar-refractivity contribution >= 4 is 27.5 Å². The van der Waals surface area contributed by atoms with Crippen molar-refractivity contribution in [3.8, 4) is 0 Å². The molecule has 0 radical (unpaired) electrons. The molecule has 3 N–H and O–H groups in total. The molecule has 0 amide bonds. The molecule has 0 aliphatic rings. The van der Waals surface area contributed by atoms with E-state index in [4.69, 9.17) is 0 Å². The van der Waals surface area contributed by atoms with Gasteiger partial charge in [-0.25, -0.2) is 4.52 Å². The van der Waals surface area contributed by atoms with Gasteiger partial charge in [-0.1, -0.05) is 0 Å². The highest BCUT2D eigenvalue weighted by atomic mass is 79.9. The van der Waals surface area contributed by atoms with Crippen LogP contribution in [0.3, 0.4) is 0 Å². The van der Waals surface area contributed by atoms with E-state index in [1.807, 2.05) is 12.1 Å². The molecule has 0 atom stereocenters. The minimum absolute atomic E-state index is 0.208. The van der Waals surface area contributed by atoms with Crippen LogP contribution in [0.4, 0.5) is 5.95 Å². The SMILES string of the molecule is CC(CO)(CO)Nc1nc2c(Br)cccn2n1. The van der Waals surface area contributed by atoms with Crippen molar-refractivity contribution in [2.45, 2.75) is 12.5 Å². The molecule has 2 heterocycles. The summed E-state index contributed by atoms with van der Waals surface area (Å²) < 4.78 is 2.44. The molecule has 92 valence electrons. The fraction of sp³-hybridized carbons (Fsp3) is 0.400. The third-order valence-corrected chi connectivity index (χ3v) is 3.05. The molecule has 0 aliphatic heterocycles. The number of nitrogens with zero attached hydrogens (tertiary/aromatic N) is 3. The molecule has 0 bridgehead atoms. The smallest absolute Gasteiger partial charge is 0.243 e. The normalized spacial score (nSPS) is 12.0. The Morgan fingerprint density at radius 2 is 2.18 bits per heavy atom. The molecule has 2 aromatic heterocycles. The minimum Gasteiger partial charge on any atom is -0.394 e. The molecule has 0 aromatic carbocycles. The van der Waals surface area contributed by atoms with Gasteiger partial charge in [-0.2, -0.15) is 4.98 Å². The van der Waals surface area contributed by atoms with Gasteiger partial charge in [0.05, 0.1) is 23.2 Å². The number of halogens is 1. The van der Waals surface area contributed by atoms with E-state index in [-0.39, 0.29) is 13.2 Å². The standard InChI is InChI=1S/C10H13BrN4O2/c1-10(5-16,6-17)13-9-12-8-7(11)3-2-4-15(8)14-9/h2-4,16-17H,5-6H2,1H3,(H,13,14). The zero-order chi connectivity index (χ0) is 12.5. The maximum atomic E-state index is 9.18. The van der Waals surface area contributed by atoms with Crippen LogP contribution >= 0.6 is 15.9 Å². The fourth-order valence-electron chi connectivity index (χ4n) is 1.33. The molecule has 0 aliphatic carbocycles. The maximum Gasteiger partial charge on any atom is 0.243 e. The Kier molecular flexibility index (Phi) is 3.32. The molecule has 7 heteroatoms. The Bertz CT molecular complexity index is 524. The number of anilines is 1. The van der Waals surface area contributed by atoms with Crippen LogP contribution in [0.5, 0.6) is 0 Å². The lowest BCUT2D eigenvalue weighted by atomic mass is 10.1. The molecule has 2 aromatic rings. The van der Waals surface area contributed by atoms with Gasteiger partial charge in [0.25, 0.3) is 0 Å². The summed E-state index contributed by atoms with van der Waals surface area (Å²) in [5.41, 5.74) is -0.162. The number of pyridine rings is 1. The predicted octanol–water partition coefficient (Wildman–Crippen LogP) is 0.647. The second-order valence-corrected chi connectivity index (χ2v) is 4.92. The van der Waals surface area contributed by atoms with Crippen molar-refractivity contribution in [3.05, 3.63) is 22.8 Å². The number of hydrogen-bond acceptors (Lipinski definition) is 5. The number of aliphatic hydroxyl groups excluding tert-OH is 2. The monoisotopic (exact) mass is 300 g/mol. The van der Waals surface area contributed by atoms with E-state index in [0.717, 1.165) is 4.47 Å². The minimum atomic E-state index is -0.836. The number of rotatable bonds is 4. The van der Waals surface area contributed by atoms with Gasteiger partial charge in [0.15, 0.2) is 5.65 Å². The summed E-state index contributed by atoms with van der Waals surface area (Å²) >= 11 is 3.37. The molecular formula is C10H13BrN4O2. The molecule has 17 heavy (non-hydrogen) atoms. The van der Waals surface area contributed by atoms with Crippen LogP contribution in [0.1, 0.15) is 6.92 Å². The Balaban J connectivity index is 2.34. The molecule has 0 spiro atoms. The van der Waals surface area contributed by atoms with Crippen molar-refractivity contribution in [2.24, 2.45) is 0 Å². The Morgan fingerprint density at radius 1 is 1.47 bits per heavy atom. The summed E-state index contributed by atoms with van der Waals surface area (Å²) in [7, 11) is 0. The highest BCUT2D eigenvalue weighted by molar-refractivity contribution is 9.10. The third kappa shape index (κ3) is 2.41. The van der Waals surface area contributed by atoms with Gasteiger partial charge >= 0.3 is 0 Å². The Labute approximate surface area is 106 Å². The average molecular weight is 301 g/mol. The largest absolute Gasteiger partial charge is 0.394 e. The van der Waals surface area contributed by atoms with Crippen LogP contribution < -0.4 is 5.32 Å². The molecule has 0 saturated heterocycles. The molecule has 0 fully saturated rings. The second kappa shape index (κ2) is 4.59. The fourth-order valence-corrected chi connectivity index (χ4v) is 1.75. The lowest BCUT2D eigenvalue weighted by Gasteiger charge is -2.24. The average Bonchev–Trinajstić information content (AvgIpc) is 2.73. The number of hydrogen-bond donors (Lipinski definition) is 3. The van der Waals surface area contributed by atoms with E-state index in [9.17, 15) is 10.2 Å². The van der Waals surface area contributed by atoms with Crippen LogP contribution in [0.15, 0.2) is 22.8 Å². The first-order valence-electron chi connectivity index (χ1n) is 5.09. The molecular weight excluding hydrogens is 288 g/mol. The van der Waals surface area contributed by atoms with Crippen LogP contribution in [-0.4, -0.2) is 43.6 Å². The zero-order valence-electron chi connectivity index (χ0n) is 9.26. The number of aromatic nitrogens is 3. The third-order valence-electron chi connectivity index (χ3n) is 2.43. The van der Waals surface area contributed by atoms with E-state index in [2.05, 4.69) is 31.3 Å². The van der Waals surface area contributed by atoms with Crippen LogP contribution in [0.2, 0.25) is 0 Å². The summed E-state index contributed by atoms with van der Waals surface area (Å²) in [4.78, 5) is 4.26. The first-order valence-corrected chi connectivity index (χ1v) is 5.88. The van der Waals surface area contributed by atoms with Gasteiger partial charge in [0.1, 0.15) is 0 Å². The maximum absolute atomic E-state index is 9.18. The number of aliphatic hydroxyl groups is 2. The first-order chi connectivity index (χ1) is 8.08. The van der Waals surface area contributed by atoms with Gasteiger partial charge in [-0.3, -0.25) is 0 Å².